The van der Waals surface area contributed by atoms with Crippen LogP contribution in [0.15, 0.2) is 24.3 Å². The molecular formula is C8H9O2P. The number of aromatic hydroxyl groups is 1. The van der Waals surface area contributed by atoms with Crippen LogP contribution in [0.25, 0.3) is 0 Å². The highest BCUT2D eigenvalue weighted by atomic mass is 31.1. The van der Waals surface area contributed by atoms with Crippen LogP contribution in [-0.2, 0) is 11.0 Å². The summed E-state index contributed by atoms with van der Waals surface area (Å²) >= 11 is 0. The van der Waals surface area contributed by atoms with Gasteiger partial charge in [0.2, 0.25) is 0 Å². The number of hydrogen-bond donors (Lipinski definition) is 1. The van der Waals surface area contributed by atoms with Gasteiger partial charge in [-0.05, 0) is 18.1 Å². The zero-order valence-electron chi connectivity index (χ0n) is 6.03. The van der Waals surface area contributed by atoms with Crippen molar-refractivity contribution < 1.29 is 9.67 Å². The van der Waals surface area contributed by atoms with Crippen molar-refractivity contribution in [2.24, 2.45) is 0 Å². The SMILES string of the molecule is O=PCCc1ccccc1O. The number of benzene rings is 1. The van der Waals surface area contributed by atoms with Gasteiger partial charge in [-0.25, -0.2) is 0 Å². The lowest BCUT2D eigenvalue weighted by atomic mass is 10.1. The van der Waals surface area contributed by atoms with E-state index in [-0.39, 0.29) is 14.2 Å². The minimum absolute atomic E-state index is 0.131. The van der Waals surface area contributed by atoms with Crippen LogP contribution in [-0.4, -0.2) is 11.3 Å². The van der Waals surface area contributed by atoms with Crippen molar-refractivity contribution in [2.45, 2.75) is 6.42 Å². The Hall–Kier alpha value is -0.880. The number of phenolic OH excluding ortho intramolecular Hbond substituents is 1. The molecule has 0 heterocycles. The van der Waals surface area contributed by atoms with E-state index in [9.17, 15) is 9.67 Å². The van der Waals surface area contributed by atoms with Crippen LogP contribution in [0.5, 0.6) is 5.75 Å². The van der Waals surface area contributed by atoms with E-state index in [0.717, 1.165) is 5.56 Å². The fraction of sp³-hybridized carbons (Fsp3) is 0.250. The molecule has 0 aliphatic rings. The van der Waals surface area contributed by atoms with Crippen LogP contribution in [0, 0.1) is 0 Å². The van der Waals surface area contributed by atoms with Crippen LogP contribution in [0.3, 0.4) is 0 Å². The standard InChI is InChI=1S/C8H9O2P/c9-8-4-2-1-3-7(8)5-6-11-10/h1-4,9H,5-6H2. The molecule has 1 aromatic carbocycles. The van der Waals surface area contributed by atoms with Crippen molar-refractivity contribution >= 4 is 8.46 Å². The maximum atomic E-state index is 10.1. The molecule has 0 saturated carbocycles. The molecule has 0 atom stereocenters. The molecule has 0 spiro atoms. The molecule has 1 N–H and O–H groups in total. The Kier molecular flexibility index (Phi) is 3.06. The topological polar surface area (TPSA) is 37.3 Å². The Morgan fingerprint density at radius 2 is 2.09 bits per heavy atom. The molecule has 0 aliphatic carbocycles. The summed E-state index contributed by atoms with van der Waals surface area (Å²) in [6.45, 7) is 0. The molecule has 58 valence electrons. The minimum atomic E-state index is 0.131. The summed E-state index contributed by atoms with van der Waals surface area (Å²) in [7, 11) is 0.131. The molecule has 0 saturated heterocycles. The van der Waals surface area contributed by atoms with Crippen molar-refractivity contribution in [2.75, 3.05) is 6.16 Å². The van der Waals surface area contributed by atoms with E-state index in [1.165, 1.54) is 0 Å². The first-order valence-corrected chi connectivity index (χ1v) is 4.40. The molecule has 0 aromatic heterocycles. The van der Waals surface area contributed by atoms with Gasteiger partial charge in [-0.2, -0.15) is 0 Å². The minimum Gasteiger partial charge on any atom is -0.508 e. The molecule has 11 heavy (non-hydrogen) atoms. The van der Waals surface area contributed by atoms with E-state index in [2.05, 4.69) is 0 Å². The van der Waals surface area contributed by atoms with E-state index in [1.54, 1.807) is 12.1 Å². The molecule has 1 rings (SSSR count). The lowest BCUT2D eigenvalue weighted by molar-refractivity contribution is 0.469. The first kappa shape index (κ1) is 8.22. The van der Waals surface area contributed by atoms with Crippen LogP contribution in [0.1, 0.15) is 5.56 Å². The molecule has 1 aromatic rings. The van der Waals surface area contributed by atoms with Gasteiger partial charge in [0.1, 0.15) is 5.75 Å². The number of rotatable bonds is 3. The molecule has 0 fully saturated rings. The van der Waals surface area contributed by atoms with E-state index in [4.69, 9.17) is 0 Å². The third-order valence-corrected chi connectivity index (χ3v) is 1.87. The van der Waals surface area contributed by atoms with Crippen molar-refractivity contribution in [3.8, 4) is 5.75 Å². The van der Waals surface area contributed by atoms with E-state index in [1.807, 2.05) is 12.1 Å². The van der Waals surface area contributed by atoms with Gasteiger partial charge in [-0.15, -0.1) is 0 Å². The second kappa shape index (κ2) is 4.09. The number of aryl methyl sites for hydroxylation is 1. The zero-order chi connectivity index (χ0) is 8.10. The molecule has 0 radical (unpaired) electrons. The highest BCUT2D eigenvalue weighted by Crippen LogP contribution is 2.16. The molecule has 0 unspecified atom stereocenters. The molecule has 2 nitrogen and oxygen atoms in total. The second-order valence-corrected chi connectivity index (χ2v) is 2.94. The summed E-state index contributed by atoms with van der Waals surface area (Å²) in [5.41, 5.74) is 0.857. The Balaban J connectivity index is 2.69. The zero-order valence-corrected chi connectivity index (χ0v) is 6.92. The van der Waals surface area contributed by atoms with Gasteiger partial charge >= 0.3 is 0 Å². The molecule has 0 amide bonds. The number of hydrogen-bond acceptors (Lipinski definition) is 2. The van der Waals surface area contributed by atoms with E-state index >= 15 is 0 Å². The fourth-order valence-electron chi connectivity index (χ4n) is 0.888. The average Bonchev–Trinajstić information content (AvgIpc) is 2.03. The Morgan fingerprint density at radius 1 is 1.36 bits per heavy atom. The van der Waals surface area contributed by atoms with Crippen molar-refractivity contribution in [3.63, 3.8) is 0 Å². The summed E-state index contributed by atoms with van der Waals surface area (Å²) in [5.74, 6) is 0.288. The molecular weight excluding hydrogens is 159 g/mol. The molecule has 0 bridgehead atoms. The van der Waals surface area contributed by atoms with Crippen molar-refractivity contribution in [3.05, 3.63) is 29.8 Å². The van der Waals surface area contributed by atoms with Gasteiger partial charge < -0.3 is 5.11 Å². The Bertz CT molecular complexity index is 248. The summed E-state index contributed by atoms with van der Waals surface area (Å²) in [4.78, 5) is 0. The van der Waals surface area contributed by atoms with Crippen molar-refractivity contribution in [1.29, 1.82) is 0 Å². The van der Waals surface area contributed by atoms with E-state index in [0.29, 0.717) is 12.6 Å². The van der Waals surface area contributed by atoms with Crippen LogP contribution >= 0.6 is 8.46 Å². The van der Waals surface area contributed by atoms with Crippen LogP contribution < -0.4 is 0 Å². The summed E-state index contributed by atoms with van der Waals surface area (Å²) in [5, 5.41) is 9.23. The highest BCUT2D eigenvalue weighted by molar-refractivity contribution is 7.23. The van der Waals surface area contributed by atoms with E-state index < -0.39 is 0 Å². The Morgan fingerprint density at radius 3 is 2.73 bits per heavy atom. The lowest BCUT2D eigenvalue weighted by Gasteiger charge is -1.99. The maximum absolute atomic E-state index is 10.1. The predicted molar refractivity (Wildman–Crippen MR) is 44.3 cm³/mol. The number of para-hydroxylation sites is 1. The maximum Gasteiger partial charge on any atom is 0.155 e. The first-order valence-electron chi connectivity index (χ1n) is 3.40. The summed E-state index contributed by atoms with van der Waals surface area (Å²) in [6, 6.07) is 7.10. The largest absolute Gasteiger partial charge is 0.508 e. The van der Waals surface area contributed by atoms with Crippen LogP contribution in [0.4, 0.5) is 0 Å². The normalized spacial score (nSPS) is 10.2. The van der Waals surface area contributed by atoms with Gasteiger partial charge in [-0.3, -0.25) is 4.57 Å². The third kappa shape index (κ3) is 2.32. The quantitative estimate of drug-likeness (QED) is 0.702. The van der Waals surface area contributed by atoms with Gasteiger partial charge in [0, 0.05) is 6.16 Å². The van der Waals surface area contributed by atoms with Gasteiger partial charge in [0.15, 0.2) is 8.46 Å². The number of phenols is 1. The average molecular weight is 168 g/mol. The highest BCUT2D eigenvalue weighted by Gasteiger charge is 1.97. The lowest BCUT2D eigenvalue weighted by Crippen LogP contribution is -1.85. The monoisotopic (exact) mass is 168 g/mol. The third-order valence-electron chi connectivity index (χ3n) is 1.46. The van der Waals surface area contributed by atoms with Crippen molar-refractivity contribution in [1.82, 2.24) is 0 Å². The summed E-state index contributed by atoms with van der Waals surface area (Å²) in [6.07, 6.45) is 1.23. The van der Waals surface area contributed by atoms with Gasteiger partial charge in [0.25, 0.3) is 0 Å². The summed E-state index contributed by atoms with van der Waals surface area (Å²) < 4.78 is 10.1. The van der Waals surface area contributed by atoms with Crippen LogP contribution in [0.2, 0.25) is 0 Å². The van der Waals surface area contributed by atoms with Gasteiger partial charge in [-0.1, -0.05) is 18.2 Å². The molecule has 0 aliphatic heterocycles. The van der Waals surface area contributed by atoms with Gasteiger partial charge in [0.05, 0.1) is 0 Å². The first-order chi connectivity index (χ1) is 5.34. The Labute approximate surface area is 67.1 Å². The second-order valence-electron chi connectivity index (χ2n) is 2.23. The smallest absolute Gasteiger partial charge is 0.155 e. The molecule has 3 heteroatoms. The fourth-order valence-corrected chi connectivity index (χ4v) is 1.22. The predicted octanol–water partition coefficient (Wildman–Crippen LogP) is 2.23.